The maximum Gasteiger partial charge on any atom is 0.270 e. The van der Waals surface area contributed by atoms with Crippen LogP contribution in [0.25, 0.3) is 5.82 Å². The number of hydrogen-bond acceptors (Lipinski definition) is 6. The molecule has 23 heavy (non-hydrogen) atoms. The van der Waals surface area contributed by atoms with Gasteiger partial charge >= 0.3 is 0 Å². The average Bonchev–Trinajstić information content (AvgIpc) is 3.11. The molecule has 8 nitrogen and oxygen atoms in total. The van der Waals surface area contributed by atoms with E-state index in [0.717, 1.165) is 6.42 Å². The minimum absolute atomic E-state index is 0.0726. The van der Waals surface area contributed by atoms with Crippen molar-refractivity contribution in [2.75, 3.05) is 19.8 Å². The van der Waals surface area contributed by atoms with Crippen molar-refractivity contribution in [2.24, 2.45) is 0 Å². The Kier molecular flexibility index (Phi) is 4.94. The number of ether oxygens (including phenoxy) is 2. The Balaban J connectivity index is 1.71. The molecule has 1 saturated heterocycles. The lowest BCUT2D eigenvalue weighted by atomic mass is 10.1. The smallest absolute Gasteiger partial charge is 0.270 e. The van der Waals surface area contributed by atoms with Crippen LogP contribution in [0.2, 0.25) is 0 Å². The predicted molar refractivity (Wildman–Crippen MR) is 81.3 cm³/mol. The number of pyridine rings is 1. The molecule has 0 spiro atoms. The summed E-state index contributed by atoms with van der Waals surface area (Å²) in [5.41, 5.74) is 0.345. The first-order chi connectivity index (χ1) is 11.3. The third-order valence-corrected chi connectivity index (χ3v) is 3.65. The van der Waals surface area contributed by atoms with Crippen LogP contribution >= 0.6 is 0 Å². The van der Waals surface area contributed by atoms with Gasteiger partial charge in [-0.1, -0.05) is 6.07 Å². The summed E-state index contributed by atoms with van der Waals surface area (Å²) in [5, 5.41) is 10.5. The first kappa shape index (κ1) is 15.6. The van der Waals surface area contributed by atoms with Gasteiger partial charge in [0.15, 0.2) is 0 Å². The summed E-state index contributed by atoms with van der Waals surface area (Å²) in [7, 11) is 0. The SMILES string of the molecule is CCO[C@H]1COCC[C@@H]1NC(=O)c1cccc(-n2cnnc2)n1. The van der Waals surface area contributed by atoms with Gasteiger partial charge in [0.25, 0.3) is 5.91 Å². The fourth-order valence-corrected chi connectivity index (χ4v) is 2.51. The lowest BCUT2D eigenvalue weighted by molar-refractivity contribution is -0.0633. The highest BCUT2D eigenvalue weighted by molar-refractivity contribution is 5.92. The molecule has 1 amide bonds. The molecule has 0 unspecified atom stereocenters. The van der Waals surface area contributed by atoms with Gasteiger partial charge in [-0.2, -0.15) is 0 Å². The normalized spacial score (nSPS) is 21.1. The van der Waals surface area contributed by atoms with E-state index in [4.69, 9.17) is 9.47 Å². The molecule has 0 aromatic carbocycles. The van der Waals surface area contributed by atoms with E-state index in [-0.39, 0.29) is 18.1 Å². The Morgan fingerprint density at radius 2 is 2.26 bits per heavy atom. The molecule has 2 aromatic heterocycles. The van der Waals surface area contributed by atoms with Crippen LogP contribution in [0.4, 0.5) is 0 Å². The molecule has 3 rings (SSSR count). The summed E-state index contributed by atoms with van der Waals surface area (Å²) in [5.74, 6) is 0.368. The van der Waals surface area contributed by atoms with Crippen molar-refractivity contribution in [3.63, 3.8) is 0 Å². The molecule has 0 bridgehead atoms. The summed E-state index contributed by atoms with van der Waals surface area (Å²) < 4.78 is 12.7. The monoisotopic (exact) mass is 317 g/mol. The molecule has 1 aliphatic heterocycles. The molecule has 1 aliphatic rings. The number of amides is 1. The fraction of sp³-hybridized carbons (Fsp3) is 0.467. The number of nitrogens with one attached hydrogen (secondary N) is 1. The number of carbonyl (C=O) groups is 1. The Hall–Kier alpha value is -2.32. The summed E-state index contributed by atoms with van der Waals surface area (Å²) >= 11 is 0. The number of nitrogens with zero attached hydrogens (tertiary/aromatic N) is 4. The van der Waals surface area contributed by atoms with Gasteiger partial charge in [0.2, 0.25) is 0 Å². The number of hydrogen-bond donors (Lipinski definition) is 1. The Morgan fingerprint density at radius 1 is 1.43 bits per heavy atom. The highest BCUT2D eigenvalue weighted by Gasteiger charge is 2.28. The Bertz CT molecular complexity index is 644. The van der Waals surface area contributed by atoms with Gasteiger partial charge in [-0.15, -0.1) is 10.2 Å². The molecule has 1 N–H and O–H groups in total. The van der Waals surface area contributed by atoms with Crippen molar-refractivity contribution >= 4 is 5.91 Å². The van der Waals surface area contributed by atoms with Crippen LogP contribution in [0, 0.1) is 0 Å². The van der Waals surface area contributed by atoms with E-state index >= 15 is 0 Å². The van der Waals surface area contributed by atoms with Crippen molar-refractivity contribution < 1.29 is 14.3 Å². The van der Waals surface area contributed by atoms with E-state index in [0.29, 0.717) is 31.3 Å². The second kappa shape index (κ2) is 7.30. The number of carbonyl (C=O) groups excluding carboxylic acids is 1. The first-order valence-electron chi connectivity index (χ1n) is 7.60. The molecule has 1 fully saturated rings. The van der Waals surface area contributed by atoms with E-state index < -0.39 is 0 Å². The lowest BCUT2D eigenvalue weighted by Gasteiger charge is -2.31. The van der Waals surface area contributed by atoms with Crippen molar-refractivity contribution in [2.45, 2.75) is 25.5 Å². The van der Waals surface area contributed by atoms with E-state index in [1.807, 2.05) is 6.92 Å². The number of rotatable bonds is 5. The Morgan fingerprint density at radius 3 is 3.04 bits per heavy atom. The molecule has 0 saturated carbocycles. The molecular formula is C15H19N5O3. The minimum Gasteiger partial charge on any atom is -0.379 e. The van der Waals surface area contributed by atoms with Crippen LogP contribution in [-0.2, 0) is 9.47 Å². The second-order valence-electron chi connectivity index (χ2n) is 5.19. The van der Waals surface area contributed by atoms with Gasteiger partial charge in [0.05, 0.1) is 12.6 Å². The molecule has 0 aliphatic carbocycles. The maximum atomic E-state index is 12.5. The summed E-state index contributed by atoms with van der Waals surface area (Å²) in [6, 6.07) is 5.17. The summed E-state index contributed by atoms with van der Waals surface area (Å²) in [6.45, 7) is 3.62. The zero-order valence-corrected chi connectivity index (χ0v) is 12.9. The van der Waals surface area contributed by atoms with Gasteiger partial charge in [-0.3, -0.25) is 9.36 Å². The molecule has 8 heteroatoms. The molecule has 0 radical (unpaired) electrons. The minimum atomic E-state index is -0.225. The molecule has 2 aromatic rings. The molecular weight excluding hydrogens is 298 g/mol. The van der Waals surface area contributed by atoms with E-state index in [2.05, 4.69) is 20.5 Å². The van der Waals surface area contributed by atoms with Gasteiger partial charge in [0.1, 0.15) is 30.3 Å². The third kappa shape index (κ3) is 3.72. The van der Waals surface area contributed by atoms with Crippen LogP contribution in [0.3, 0.4) is 0 Å². The van der Waals surface area contributed by atoms with Crippen LogP contribution < -0.4 is 5.32 Å². The highest BCUT2D eigenvalue weighted by Crippen LogP contribution is 2.13. The topological polar surface area (TPSA) is 91.2 Å². The third-order valence-electron chi connectivity index (χ3n) is 3.65. The molecule has 3 heterocycles. The quantitative estimate of drug-likeness (QED) is 0.868. The van der Waals surface area contributed by atoms with Crippen molar-refractivity contribution in [3.05, 3.63) is 36.5 Å². The van der Waals surface area contributed by atoms with Gasteiger partial charge < -0.3 is 14.8 Å². The van der Waals surface area contributed by atoms with Gasteiger partial charge in [-0.05, 0) is 25.5 Å². The zero-order chi connectivity index (χ0) is 16.1. The van der Waals surface area contributed by atoms with E-state index in [1.54, 1.807) is 22.8 Å². The summed E-state index contributed by atoms with van der Waals surface area (Å²) in [4.78, 5) is 16.8. The first-order valence-corrected chi connectivity index (χ1v) is 7.60. The van der Waals surface area contributed by atoms with Crippen molar-refractivity contribution in [3.8, 4) is 5.82 Å². The fourth-order valence-electron chi connectivity index (χ4n) is 2.51. The van der Waals surface area contributed by atoms with Gasteiger partial charge in [-0.25, -0.2) is 4.98 Å². The van der Waals surface area contributed by atoms with Gasteiger partial charge in [0, 0.05) is 13.2 Å². The lowest BCUT2D eigenvalue weighted by Crippen LogP contribution is -2.50. The van der Waals surface area contributed by atoms with Crippen LogP contribution in [0.15, 0.2) is 30.9 Å². The van der Waals surface area contributed by atoms with Crippen molar-refractivity contribution in [1.82, 2.24) is 25.1 Å². The maximum absolute atomic E-state index is 12.5. The largest absolute Gasteiger partial charge is 0.379 e. The highest BCUT2D eigenvalue weighted by atomic mass is 16.5. The standard InChI is InChI=1S/C15H19N5O3/c1-2-23-13-8-22-7-6-11(13)19-15(21)12-4-3-5-14(18-12)20-9-16-17-10-20/h3-5,9-11,13H,2,6-8H2,1H3,(H,19,21)/t11-,13-/m0/s1. The van der Waals surface area contributed by atoms with Crippen molar-refractivity contribution in [1.29, 1.82) is 0 Å². The zero-order valence-electron chi connectivity index (χ0n) is 12.9. The molecule has 2 atom stereocenters. The summed E-state index contributed by atoms with van der Waals surface area (Å²) in [6.07, 6.45) is 3.67. The average molecular weight is 317 g/mol. The number of aromatic nitrogens is 4. The molecule has 122 valence electrons. The van der Waals surface area contributed by atoms with E-state index in [9.17, 15) is 4.79 Å². The van der Waals surface area contributed by atoms with E-state index in [1.165, 1.54) is 12.7 Å². The van der Waals surface area contributed by atoms with Crippen LogP contribution in [-0.4, -0.2) is 57.6 Å². The van der Waals surface area contributed by atoms with Crippen LogP contribution in [0.1, 0.15) is 23.8 Å². The predicted octanol–water partition coefficient (Wildman–Crippen LogP) is 0.586. The second-order valence-corrected chi connectivity index (χ2v) is 5.19. The Labute approximate surface area is 133 Å². The van der Waals surface area contributed by atoms with Crippen LogP contribution in [0.5, 0.6) is 0 Å².